The predicted octanol–water partition coefficient (Wildman–Crippen LogP) is 5.05. The third-order valence-corrected chi connectivity index (χ3v) is 4.90. The van der Waals surface area contributed by atoms with E-state index < -0.39 is 28.7 Å². The summed E-state index contributed by atoms with van der Waals surface area (Å²) >= 11 is 5.63. The molecule has 8 heteroatoms. The molecule has 1 N–H and O–H groups in total. The molecule has 148 valence electrons. The zero-order valence-corrected chi connectivity index (χ0v) is 15.6. The monoisotopic (exact) mass is 410 g/mol. The van der Waals surface area contributed by atoms with Gasteiger partial charge in [-0.1, -0.05) is 41.9 Å². The Balaban J connectivity index is 1.91. The van der Waals surface area contributed by atoms with E-state index in [1.54, 1.807) is 30.3 Å². The summed E-state index contributed by atoms with van der Waals surface area (Å²) < 4.78 is 39.2. The molecule has 3 rings (SSSR count). The van der Waals surface area contributed by atoms with Gasteiger partial charge in [-0.05, 0) is 36.6 Å². The lowest BCUT2D eigenvalue weighted by molar-refractivity contribution is -0.141. The smallest absolute Gasteiger partial charge is 0.327 e. The lowest BCUT2D eigenvalue weighted by atomic mass is 10.0. The van der Waals surface area contributed by atoms with Crippen LogP contribution in [0.3, 0.4) is 0 Å². The molecule has 1 atom stereocenters. The zero-order valence-electron chi connectivity index (χ0n) is 14.8. The lowest BCUT2D eigenvalue weighted by Gasteiger charge is -2.34. The topological polar surface area (TPSA) is 49.4 Å². The van der Waals surface area contributed by atoms with Crippen LogP contribution in [0, 0.1) is 0 Å². The van der Waals surface area contributed by atoms with Crippen molar-refractivity contribution in [2.45, 2.75) is 31.5 Å². The van der Waals surface area contributed by atoms with E-state index in [1.165, 1.54) is 11.0 Å². The fourth-order valence-electron chi connectivity index (χ4n) is 3.24. The summed E-state index contributed by atoms with van der Waals surface area (Å²) in [7, 11) is 0. The number of carbonyl (C=O) groups excluding carboxylic acids is 2. The molecule has 1 aliphatic heterocycles. The maximum Gasteiger partial charge on any atom is 0.417 e. The molecule has 2 amide bonds. The van der Waals surface area contributed by atoms with Crippen LogP contribution in [-0.2, 0) is 15.8 Å². The Morgan fingerprint density at radius 3 is 2.46 bits per heavy atom. The van der Waals surface area contributed by atoms with Crippen molar-refractivity contribution in [3.05, 3.63) is 64.7 Å². The van der Waals surface area contributed by atoms with E-state index in [1.807, 2.05) is 0 Å². The number of benzene rings is 2. The summed E-state index contributed by atoms with van der Waals surface area (Å²) in [5, 5.41) is 2.06. The highest BCUT2D eigenvalue weighted by Crippen LogP contribution is 2.36. The molecule has 2 aromatic rings. The third kappa shape index (κ3) is 4.47. The minimum atomic E-state index is -4.64. The number of carbonyl (C=O) groups is 2. The zero-order chi connectivity index (χ0) is 20.3. The van der Waals surface area contributed by atoms with Gasteiger partial charge in [-0.25, -0.2) is 0 Å². The molecule has 4 nitrogen and oxygen atoms in total. The van der Waals surface area contributed by atoms with Crippen molar-refractivity contribution in [2.75, 3.05) is 11.9 Å². The Labute approximate surface area is 165 Å². The van der Waals surface area contributed by atoms with Crippen LogP contribution in [0.15, 0.2) is 48.5 Å². The fraction of sp³-hybridized carbons (Fsp3) is 0.300. The molecule has 0 aliphatic carbocycles. The van der Waals surface area contributed by atoms with Crippen LogP contribution in [-0.4, -0.2) is 23.3 Å². The minimum absolute atomic E-state index is 0.0351. The molecule has 2 aromatic carbocycles. The Bertz CT molecular complexity index is 871. The fourth-order valence-corrected chi connectivity index (χ4v) is 3.46. The first-order chi connectivity index (χ1) is 13.3. The highest BCUT2D eigenvalue weighted by atomic mass is 35.5. The van der Waals surface area contributed by atoms with Gasteiger partial charge in [0.2, 0.25) is 5.91 Å². The van der Waals surface area contributed by atoms with E-state index >= 15 is 0 Å². The number of hydrogen-bond acceptors (Lipinski definition) is 2. The van der Waals surface area contributed by atoms with Crippen molar-refractivity contribution in [3.63, 3.8) is 0 Å². The number of anilines is 1. The Hall–Kier alpha value is -2.54. The quantitative estimate of drug-likeness (QED) is 0.766. The summed E-state index contributed by atoms with van der Waals surface area (Å²) in [6.45, 7) is 0.417. The summed E-state index contributed by atoms with van der Waals surface area (Å²) in [6, 6.07) is 11.0. The minimum Gasteiger partial charge on any atom is -0.327 e. The van der Waals surface area contributed by atoms with E-state index in [9.17, 15) is 22.8 Å². The van der Waals surface area contributed by atoms with Crippen molar-refractivity contribution in [3.8, 4) is 0 Å². The summed E-state index contributed by atoms with van der Waals surface area (Å²) in [5.74, 6) is -0.723. The van der Waals surface area contributed by atoms with Crippen LogP contribution in [0.5, 0.6) is 0 Å². The van der Waals surface area contributed by atoms with E-state index in [2.05, 4.69) is 5.32 Å². The normalized spacial score (nSPS) is 16.0. The van der Waals surface area contributed by atoms with Crippen LogP contribution in [0.1, 0.15) is 36.4 Å². The maximum atomic E-state index is 13.1. The van der Waals surface area contributed by atoms with Gasteiger partial charge in [0.05, 0.1) is 10.6 Å². The van der Waals surface area contributed by atoms with Gasteiger partial charge in [-0.2, -0.15) is 13.2 Å². The summed E-state index contributed by atoms with van der Waals surface area (Å²) in [4.78, 5) is 26.8. The summed E-state index contributed by atoms with van der Waals surface area (Å²) in [5.41, 5.74) is -0.468. The van der Waals surface area contributed by atoms with Crippen molar-refractivity contribution in [1.82, 2.24) is 4.90 Å². The van der Waals surface area contributed by atoms with Crippen LogP contribution in [0.4, 0.5) is 18.9 Å². The van der Waals surface area contributed by atoms with Gasteiger partial charge in [0.25, 0.3) is 5.91 Å². The van der Waals surface area contributed by atoms with Gasteiger partial charge < -0.3 is 10.2 Å². The predicted molar refractivity (Wildman–Crippen MR) is 99.8 cm³/mol. The van der Waals surface area contributed by atoms with E-state index in [0.717, 1.165) is 25.0 Å². The SMILES string of the molecule is O=C(Nc1ccc(Cl)c(C(F)(F)F)c1)C(c1ccccc1)N1CCCCC1=O. The first-order valence-electron chi connectivity index (χ1n) is 8.79. The third-order valence-electron chi connectivity index (χ3n) is 4.57. The van der Waals surface area contributed by atoms with Crippen molar-refractivity contribution in [1.29, 1.82) is 0 Å². The van der Waals surface area contributed by atoms with E-state index in [4.69, 9.17) is 11.6 Å². The van der Waals surface area contributed by atoms with Gasteiger partial charge in [0.1, 0.15) is 6.04 Å². The number of alkyl halides is 3. The highest BCUT2D eigenvalue weighted by molar-refractivity contribution is 6.31. The molecule has 0 radical (unpaired) electrons. The van der Waals surface area contributed by atoms with E-state index in [-0.39, 0.29) is 11.6 Å². The molecular formula is C20H18ClF3N2O2. The molecule has 0 spiro atoms. The number of nitrogens with one attached hydrogen (secondary N) is 1. The van der Waals surface area contributed by atoms with Crippen LogP contribution in [0.2, 0.25) is 5.02 Å². The number of amides is 2. The van der Waals surface area contributed by atoms with Crippen molar-refractivity contribution >= 4 is 29.1 Å². The van der Waals surface area contributed by atoms with Crippen molar-refractivity contribution < 1.29 is 22.8 Å². The number of nitrogens with zero attached hydrogens (tertiary/aromatic N) is 1. The maximum absolute atomic E-state index is 13.1. The van der Waals surface area contributed by atoms with Gasteiger partial charge in [0.15, 0.2) is 0 Å². The van der Waals surface area contributed by atoms with Gasteiger partial charge >= 0.3 is 6.18 Å². The first-order valence-corrected chi connectivity index (χ1v) is 9.17. The number of hydrogen-bond donors (Lipinski definition) is 1. The molecule has 1 saturated heterocycles. The van der Waals surface area contributed by atoms with Crippen LogP contribution >= 0.6 is 11.6 Å². The average molecular weight is 411 g/mol. The average Bonchev–Trinajstić information content (AvgIpc) is 2.65. The molecule has 0 bridgehead atoms. The molecular weight excluding hydrogens is 393 g/mol. The van der Waals surface area contributed by atoms with Crippen LogP contribution < -0.4 is 5.32 Å². The standard InChI is InChI=1S/C20H18ClF3N2O2/c21-16-10-9-14(12-15(16)20(22,23)24)25-19(28)18(13-6-2-1-3-7-13)26-11-5-4-8-17(26)27/h1-3,6-7,9-10,12,18H,4-5,8,11H2,(H,25,28). The second-order valence-electron chi connectivity index (χ2n) is 6.54. The Kier molecular flexibility index (Phi) is 5.93. The second kappa shape index (κ2) is 8.22. The van der Waals surface area contributed by atoms with E-state index in [0.29, 0.717) is 18.5 Å². The molecule has 1 aliphatic rings. The summed E-state index contributed by atoms with van der Waals surface area (Å²) in [6.07, 6.45) is -2.78. The lowest BCUT2D eigenvalue weighted by Crippen LogP contribution is -2.43. The number of rotatable bonds is 4. The first kappa shape index (κ1) is 20.2. The highest BCUT2D eigenvalue weighted by Gasteiger charge is 2.35. The Morgan fingerprint density at radius 2 is 1.82 bits per heavy atom. The van der Waals surface area contributed by atoms with Crippen LogP contribution in [0.25, 0.3) is 0 Å². The largest absolute Gasteiger partial charge is 0.417 e. The molecule has 1 unspecified atom stereocenters. The molecule has 1 heterocycles. The molecule has 0 saturated carbocycles. The number of halogens is 4. The number of likely N-dealkylation sites (tertiary alicyclic amines) is 1. The van der Waals surface area contributed by atoms with Crippen molar-refractivity contribution in [2.24, 2.45) is 0 Å². The molecule has 0 aromatic heterocycles. The Morgan fingerprint density at radius 1 is 1.11 bits per heavy atom. The second-order valence-corrected chi connectivity index (χ2v) is 6.95. The van der Waals surface area contributed by atoms with Gasteiger partial charge in [-0.15, -0.1) is 0 Å². The van der Waals surface area contributed by atoms with Gasteiger partial charge in [-0.3, -0.25) is 9.59 Å². The molecule has 28 heavy (non-hydrogen) atoms. The molecule has 1 fully saturated rings. The number of piperidine rings is 1. The van der Waals surface area contributed by atoms with Gasteiger partial charge in [0, 0.05) is 18.7 Å².